The van der Waals surface area contributed by atoms with Crippen LogP contribution in [0.3, 0.4) is 0 Å². The van der Waals surface area contributed by atoms with Crippen molar-refractivity contribution in [2.24, 2.45) is 5.73 Å². The summed E-state index contributed by atoms with van der Waals surface area (Å²) in [6, 6.07) is 1.99. The third-order valence-corrected chi connectivity index (χ3v) is 3.74. The summed E-state index contributed by atoms with van der Waals surface area (Å²) in [6.45, 7) is 8.62. The molecule has 0 atom stereocenters. The van der Waals surface area contributed by atoms with Gasteiger partial charge in [0.25, 0.3) is 0 Å². The lowest BCUT2D eigenvalue weighted by Gasteiger charge is -2.26. The molecule has 0 amide bonds. The van der Waals surface area contributed by atoms with Gasteiger partial charge in [-0.1, -0.05) is 6.42 Å². The Morgan fingerprint density at radius 3 is 2.68 bits per heavy atom. The molecule has 19 heavy (non-hydrogen) atoms. The summed E-state index contributed by atoms with van der Waals surface area (Å²) in [7, 11) is 0. The molecule has 1 aliphatic rings. The molecular weight excluding hydrogens is 238 g/mol. The Bertz CT molecular complexity index is 414. The maximum absolute atomic E-state index is 5.93. The Hall–Kier alpha value is -1.13. The SMILES string of the molecule is Cc1cc(OCCN2CCCCC2)c(CN)c(C)n1. The number of piperidine rings is 1. The fraction of sp³-hybridized carbons (Fsp3) is 0.667. The van der Waals surface area contributed by atoms with Crippen LogP contribution in [0.1, 0.15) is 36.2 Å². The molecular formula is C15H25N3O. The van der Waals surface area contributed by atoms with Crippen LogP contribution in [-0.4, -0.2) is 36.1 Å². The second-order valence-corrected chi connectivity index (χ2v) is 5.28. The molecule has 1 saturated heterocycles. The number of aromatic nitrogens is 1. The highest BCUT2D eigenvalue weighted by atomic mass is 16.5. The minimum absolute atomic E-state index is 0.484. The van der Waals surface area contributed by atoms with E-state index in [-0.39, 0.29) is 0 Å². The Morgan fingerprint density at radius 1 is 1.26 bits per heavy atom. The predicted molar refractivity (Wildman–Crippen MR) is 77.4 cm³/mol. The summed E-state index contributed by atoms with van der Waals surface area (Å²) >= 11 is 0. The first-order valence-electron chi connectivity index (χ1n) is 7.23. The van der Waals surface area contributed by atoms with Crippen molar-refractivity contribution in [2.45, 2.75) is 39.7 Å². The summed E-state index contributed by atoms with van der Waals surface area (Å²) in [5, 5.41) is 0. The number of aryl methyl sites for hydroxylation is 2. The molecule has 1 aromatic heterocycles. The molecule has 4 nitrogen and oxygen atoms in total. The van der Waals surface area contributed by atoms with Crippen LogP contribution in [0.4, 0.5) is 0 Å². The lowest BCUT2D eigenvalue weighted by atomic mass is 10.1. The van der Waals surface area contributed by atoms with E-state index in [0.717, 1.165) is 35.9 Å². The molecule has 0 aliphatic carbocycles. The van der Waals surface area contributed by atoms with Crippen molar-refractivity contribution in [1.82, 2.24) is 9.88 Å². The summed E-state index contributed by atoms with van der Waals surface area (Å²) in [6.07, 6.45) is 4.01. The van der Waals surface area contributed by atoms with Crippen molar-refractivity contribution in [3.63, 3.8) is 0 Å². The Morgan fingerprint density at radius 2 is 2.00 bits per heavy atom. The third kappa shape index (κ3) is 3.91. The highest BCUT2D eigenvalue weighted by molar-refractivity contribution is 5.37. The summed E-state index contributed by atoms with van der Waals surface area (Å²) in [5.41, 5.74) is 8.79. The average Bonchev–Trinajstić information content (AvgIpc) is 2.39. The van der Waals surface area contributed by atoms with Gasteiger partial charge < -0.3 is 10.5 Å². The van der Waals surface area contributed by atoms with E-state index in [0.29, 0.717) is 6.54 Å². The second-order valence-electron chi connectivity index (χ2n) is 5.28. The Kier molecular flexibility index (Phi) is 5.16. The molecule has 1 fully saturated rings. The molecule has 0 radical (unpaired) electrons. The van der Waals surface area contributed by atoms with Crippen LogP contribution in [0, 0.1) is 13.8 Å². The van der Waals surface area contributed by atoms with Gasteiger partial charge in [0, 0.05) is 36.1 Å². The van der Waals surface area contributed by atoms with Crippen molar-refractivity contribution < 1.29 is 4.74 Å². The monoisotopic (exact) mass is 263 g/mol. The van der Waals surface area contributed by atoms with E-state index in [1.807, 2.05) is 19.9 Å². The largest absolute Gasteiger partial charge is 0.492 e. The topological polar surface area (TPSA) is 51.4 Å². The van der Waals surface area contributed by atoms with Gasteiger partial charge in [-0.25, -0.2) is 0 Å². The Labute approximate surface area is 116 Å². The highest BCUT2D eigenvalue weighted by Gasteiger charge is 2.11. The summed E-state index contributed by atoms with van der Waals surface area (Å²) in [4.78, 5) is 6.91. The number of ether oxygens (including phenoxy) is 1. The normalized spacial score (nSPS) is 16.6. The smallest absolute Gasteiger partial charge is 0.127 e. The number of pyridine rings is 1. The highest BCUT2D eigenvalue weighted by Crippen LogP contribution is 2.21. The number of nitrogens with zero attached hydrogens (tertiary/aromatic N) is 2. The molecule has 106 valence electrons. The molecule has 0 saturated carbocycles. The number of nitrogens with two attached hydrogens (primary N) is 1. The number of rotatable bonds is 5. The lowest BCUT2D eigenvalue weighted by Crippen LogP contribution is -2.33. The zero-order chi connectivity index (χ0) is 13.7. The van der Waals surface area contributed by atoms with E-state index >= 15 is 0 Å². The van der Waals surface area contributed by atoms with Crippen LogP contribution in [0.2, 0.25) is 0 Å². The van der Waals surface area contributed by atoms with Crippen LogP contribution in [0.25, 0.3) is 0 Å². The molecule has 0 bridgehead atoms. The van der Waals surface area contributed by atoms with Gasteiger partial charge in [-0.05, 0) is 39.8 Å². The van der Waals surface area contributed by atoms with Crippen LogP contribution < -0.4 is 10.5 Å². The number of hydrogen-bond acceptors (Lipinski definition) is 4. The molecule has 2 rings (SSSR count). The lowest BCUT2D eigenvalue weighted by molar-refractivity contribution is 0.182. The standard InChI is InChI=1S/C15H25N3O/c1-12-10-15(14(11-16)13(2)17-12)19-9-8-18-6-4-3-5-7-18/h10H,3-9,11,16H2,1-2H3. The van der Waals surface area contributed by atoms with Crippen molar-refractivity contribution in [3.05, 3.63) is 23.0 Å². The minimum Gasteiger partial charge on any atom is -0.492 e. The van der Waals surface area contributed by atoms with Crippen molar-refractivity contribution in [3.8, 4) is 5.75 Å². The van der Waals surface area contributed by atoms with Crippen molar-refractivity contribution in [1.29, 1.82) is 0 Å². The maximum Gasteiger partial charge on any atom is 0.127 e. The molecule has 0 unspecified atom stereocenters. The van der Waals surface area contributed by atoms with Gasteiger partial charge >= 0.3 is 0 Å². The first-order chi connectivity index (χ1) is 9.20. The predicted octanol–water partition coefficient (Wildman–Crippen LogP) is 2.02. The van der Waals surface area contributed by atoms with Crippen molar-refractivity contribution in [2.75, 3.05) is 26.2 Å². The molecule has 1 aliphatic heterocycles. The summed E-state index contributed by atoms with van der Waals surface area (Å²) < 4.78 is 5.93. The zero-order valence-electron chi connectivity index (χ0n) is 12.1. The molecule has 2 N–H and O–H groups in total. The second kappa shape index (κ2) is 6.87. The molecule has 0 aromatic carbocycles. The minimum atomic E-state index is 0.484. The molecule has 4 heteroatoms. The van der Waals surface area contributed by atoms with E-state index in [1.165, 1.54) is 32.4 Å². The fourth-order valence-corrected chi connectivity index (χ4v) is 2.66. The van der Waals surface area contributed by atoms with Crippen LogP contribution >= 0.6 is 0 Å². The molecule has 0 spiro atoms. The van der Waals surface area contributed by atoms with E-state index in [9.17, 15) is 0 Å². The van der Waals surface area contributed by atoms with E-state index in [4.69, 9.17) is 10.5 Å². The van der Waals surface area contributed by atoms with Crippen LogP contribution in [-0.2, 0) is 6.54 Å². The first-order valence-corrected chi connectivity index (χ1v) is 7.23. The van der Waals surface area contributed by atoms with E-state index < -0.39 is 0 Å². The number of likely N-dealkylation sites (tertiary alicyclic amines) is 1. The Balaban J connectivity index is 1.91. The summed E-state index contributed by atoms with van der Waals surface area (Å²) in [5.74, 6) is 0.907. The van der Waals surface area contributed by atoms with Gasteiger partial charge in [-0.15, -0.1) is 0 Å². The first kappa shape index (κ1) is 14.3. The average molecular weight is 263 g/mol. The van der Waals surface area contributed by atoms with Crippen LogP contribution in [0.15, 0.2) is 6.07 Å². The van der Waals surface area contributed by atoms with E-state index in [2.05, 4.69) is 9.88 Å². The zero-order valence-corrected chi connectivity index (χ0v) is 12.1. The van der Waals surface area contributed by atoms with Crippen molar-refractivity contribution >= 4 is 0 Å². The van der Waals surface area contributed by atoms with Gasteiger partial charge in [0.1, 0.15) is 12.4 Å². The van der Waals surface area contributed by atoms with Gasteiger partial charge in [-0.3, -0.25) is 9.88 Å². The quantitative estimate of drug-likeness (QED) is 0.883. The van der Waals surface area contributed by atoms with E-state index in [1.54, 1.807) is 0 Å². The molecule has 2 heterocycles. The van der Waals surface area contributed by atoms with Gasteiger partial charge in [-0.2, -0.15) is 0 Å². The molecule has 1 aromatic rings. The van der Waals surface area contributed by atoms with Gasteiger partial charge in [0.2, 0.25) is 0 Å². The fourth-order valence-electron chi connectivity index (χ4n) is 2.66. The maximum atomic E-state index is 5.93. The van der Waals surface area contributed by atoms with Gasteiger partial charge in [0.15, 0.2) is 0 Å². The third-order valence-electron chi connectivity index (χ3n) is 3.74. The van der Waals surface area contributed by atoms with Gasteiger partial charge in [0.05, 0.1) is 0 Å². The number of hydrogen-bond donors (Lipinski definition) is 1. The van der Waals surface area contributed by atoms with Crippen LogP contribution in [0.5, 0.6) is 5.75 Å².